The fraction of sp³-hybridized carbons (Fsp3) is 0.0714. The number of para-hydroxylation sites is 1. The average Bonchev–Trinajstić information content (AvgIpc) is 2.88. The van der Waals surface area contributed by atoms with Crippen molar-refractivity contribution in [2.75, 3.05) is 0 Å². The minimum atomic E-state index is -0.222. The van der Waals surface area contributed by atoms with Crippen LogP contribution in [0.5, 0.6) is 0 Å². The second kappa shape index (κ2) is 2.88. The highest BCUT2D eigenvalue weighted by Gasteiger charge is 2.22. The fourth-order valence-corrected chi connectivity index (χ4v) is 2.47. The molecule has 82 valence electrons. The molecule has 0 saturated heterocycles. The van der Waals surface area contributed by atoms with E-state index in [1.807, 2.05) is 24.3 Å². The van der Waals surface area contributed by atoms with Crippen LogP contribution in [0.2, 0.25) is 0 Å². The molecule has 1 aliphatic rings. The number of ether oxygens (including phenoxy) is 1. The van der Waals surface area contributed by atoms with Crippen molar-refractivity contribution in [3.05, 3.63) is 47.5 Å². The minimum absolute atomic E-state index is 0.222. The molecule has 1 aromatic heterocycles. The number of H-pyrrole nitrogens is 1. The van der Waals surface area contributed by atoms with E-state index in [2.05, 4.69) is 17.1 Å². The minimum Gasteiger partial charge on any atom is -0.457 e. The van der Waals surface area contributed by atoms with Crippen molar-refractivity contribution in [3.8, 4) is 0 Å². The zero-order valence-electron chi connectivity index (χ0n) is 8.99. The van der Waals surface area contributed by atoms with Gasteiger partial charge in [-0.25, -0.2) is 4.79 Å². The molecule has 0 amide bonds. The lowest BCUT2D eigenvalue weighted by Gasteiger charge is -1.95. The van der Waals surface area contributed by atoms with Crippen molar-refractivity contribution in [2.24, 2.45) is 0 Å². The molecule has 0 aliphatic carbocycles. The van der Waals surface area contributed by atoms with E-state index in [1.165, 1.54) is 5.39 Å². The van der Waals surface area contributed by atoms with Gasteiger partial charge in [0.25, 0.3) is 0 Å². The summed E-state index contributed by atoms with van der Waals surface area (Å²) in [5.41, 5.74) is 3.75. The first-order valence-electron chi connectivity index (χ1n) is 5.53. The number of aromatic amines is 1. The summed E-state index contributed by atoms with van der Waals surface area (Å²) in [6.45, 7) is 0.392. The Labute approximate surface area is 97.0 Å². The summed E-state index contributed by atoms with van der Waals surface area (Å²) >= 11 is 0. The Morgan fingerprint density at radius 2 is 1.94 bits per heavy atom. The van der Waals surface area contributed by atoms with Crippen molar-refractivity contribution in [1.82, 2.24) is 4.98 Å². The molecule has 0 unspecified atom stereocenters. The maximum absolute atomic E-state index is 11.5. The van der Waals surface area contributed by atoms with Crippen LogP contribution in [0, 0.1) is 0 Å². The maximum atomic E-state index is 11.5. The number of cyclic esters (lactones) is 1. The first-order chi connectivity index (χ1) is 8.33. The normalized spacial score (nSPS) is 14.2. The number of fused-ring (bicyclic) bond motifs is 4. The molecule has 0 spiro atoms. The van der Waals surface area contributed by atoms with Gasteiger partial charge in [0.2, 0.25) is 0 Å². The first-order valence-corrected chi connectivity index (χ1v) is 5.53. The molecule has 0 bridgehead atoms. The summed E-state index contributed by atoms with van der Waals surface area (Å²) in [7, 11) is 0. The maximum Gasteiger partial charge on any atom is 0.338 e. The molecule has 3 heteroatoms. The highest BCUT2D eigenvalue weighted by molar-refractivity contribution is 6.10. The van der Waals surface area contributed by atoms with Crippen LogP contribution in [0.25, 0.3) is 21.8 Å². The summed E-state index contributed by atoms with van der Waals surface area (Å²) in [5, 5.41) is 2.34. The Balaban J connectivity index is 2.18. The van der Waals surface area contributed by atoms with Crippen molar-refractivity contribution in [3.63, 3.8) is 0 Å². The van der Waals surface area contributed by atoms with Gasteiger partial charge in [0.15, 0.2) is 0 Å². The second-order valence-corrected chi connectivity index (χ2v) is 4.30. The number of rotatable bonds is 0. The molecular formula is C14H9NO2. The van der Waals surface area contributed by atoms with E-state index >= 15 is 0 Å². The van der Waals surface area contributed by atoms with Gasteiger partial charge in [0, 0.05) is 27.4 Å². The summed E-state index contributed by atoms with van der Waals surface area (Å²) in [5.74, 6) is -0.222. The second-order valence-electron chi connectivity index (χ2n) is 4.30. The van der Waals surface area contributed by atoms with Crippen LogP contribution in [-0.4, -0.2) is 11.0 Å². The highest BCUT2D eigenvalue weighted by Crippen LogP contribution is 2.30. The lowest BCUT2D eigenvalue weighted by atomic mass is 10.1. The van der Waals surface area contributed by atoms with E-state index in [1.54, 1.807) is 0 Å². The largest absolute Gasteiger partial charge is 0.457 e. The van der Waals surface area contributed by atoms with E-state index < -0.39 is 0 Å². The van der Waals surface area contributed by atoms with E-state index in [0.717, 1.165) is 22.0 Å². The van der Waals surface area contributed by atoms with Crippen LogP contribution in [0.4, 0.5) is 0 Å². The van der Waals surface area contributed by atoms with Gasteiger partial charge in [-0.1, -0.05) is 18.2 Å². The van der Waals surface area contributed by atoms with Gasteiger partial charge in [0.1, 0.15) is 6.61 Å². The van der Waals surface area contributed by atoms with Crippen LogP contribution >= 0.6 is 0 Å². The number of nitrogens with one attached hydrogen (secondary N) is 1. The quantitative estimate of drug-likeness (QED) is 0.595. The van der Waals surface area contributed by atoms with Crippen molar-refractivity contribution in [2.45, 2.75) is 6.61 Å². The van der Waals surface area contributed by atoms with E-state index in [0.29, 0.717) is 12.2 Å². The molecule has 2 aromatic carbocycles. The zero-order valence-corrected chi connectivity index (χ0v) is 8.99. The van der Waals surface area contributed by atoms with Gasteiger partial charge in [-0.05, 0) is 18.2 Å². The molecule has 3 aromatic rings. The number of esters is 1. The fourth-order valence-electron chi connectivity index (χ4n) is 2.47. The smallest absolute Gasteiger partial charge is 0.338 e. The molecular weight excluding hydrogens is 214 g/mol. The zero-order chi connectivity index (χ0) is 11.4. The molecule has 0 fully saturated rings. The third-order valence-electron chi connectivity index (χ3n) is 3.31. The monoisotopic (exact) mass is 223 g/mol. The van der Waals surface area contributed by atoms with Gasteiger partial charge in [-0.15, -0.1) is 0 Å². The molecule has 0 radical (unpaired) electrons. The van der Waals surface area contributed by atoms with E-state index in [9.17, 15) is 4.79 Å². The topological polar surface area (TPSA) is 42.1 Å². The molecule has 17 heavy (non-hydrogen) atoms. The third kappa shape index (κ3) is 1.08. The SMILES string of the molecule is O=C1OCc2cc3c(cc21)[nH]c1ccccc13. The van der Waals surface area contributed by atoms with Crippen molar-refractivity contribution in [1.29, 1.82) is 0 Å². The van der Waals surface area contributed by atoms with Crippen LogP contribution in [0.1, 0.15) is 15.9 Å². The summed E-state index contributed by atoms with van der Waals surface area (Å²) < 4.78 is 5.02. The lowest BCUT2D eigenvalue weighted by Crippen LogP contribution is -1.92. The van der Waals surface area contributed by atoms with Gasteiger partial charge in [-0.2, -0.15) is 0 Å². The molecule has 1 aliphatic heterocycles. The van der Waals surface area contributed by atoms with Crippen molar-refractivity contribution >= 4 is 27.8 Å². The number of carbonyl (C=O) groups is 1. The number of aromatic nitrogens is 1. The average molecular weight is 223 g/mol. The molecule has 2 heterocycles. The van der Waals surface area contributed by atoms with Crippen LogP contribution in [-0.2, 0) is 11.3 Å². The Kier molecular flexibility index (Phi) is 1.50. The molecule has 0 atom stereocenters. The Hall–Kier alpha value is -2.29. The summed E-state index contributed by atoms with van der Waals surface area (Å²) in [4.78, 5) is 14.8. The standard InChI is InChI=1S/C14H9NO2/c16-14-10-6-13-11(5-8(10)7-17-14)9-3-1-2-4-12(9)15-13/h1-6,15H,7H2. The number of carbonyl (C=O) groups excluding carboxylic acids is 1. The van der Waals surface area contributed by atoms with Crippen LogP contribution in [0.15, 0.2) is 36.4 Å². The van der Waals surface area contributed by atoms with Gasteiger partial charge >= 0.3 is 5.97 Å². The van der Waals surface area contributed by atoms with Crippen LogP contribution in [0.3, 0.4) is 0 Å². The van der Waals surface area contributed by atoms with Gasteiger partial charge in [0.05, 0.1) is 5.56 Å². The predicted octanol–water partition coefficient (Wildman–Crippen LogP) is 2.99. The highest BCUT2D eigenvalue weighted by atomic mass is 16.5. The molecule has 0 saturated carbocycles. The van der Waals surface area contributed by atoms with Crippen molar-refractivity contribution < 1.29 is 9.53 Å². The number of benzene rings is 2. The lowest BCUT2D eigenvalue weighted by molar-refractivity contribution is 0.0535. The summed E-state index contributed by atoms with van der Waals surface area (Å²) in [6.07, 6.45) is 0. The Morgan fingerprint density at radius 3 is 2.88 bits per heavy atom. The number of hydrogen-bond acceptors (Lipinski definition) is 2. The van der Waals surface area contributed by atoms with Gasteiger partial charge in [-0.3, -0.25) is 0 Å². The predicted molar refractivity (Wildman–Crippen MR) is 64.9 cm³/mol. The Morgan fingerprint density at radius 1 is 1.06 bits per heavy atom. The van der Waals surface area contributed by atoms with Crippen LogP contribution < -0.4 is 0 Å². The van der Waals surface area contributed by atoms with Gasteiger partial charge < -0.3 is 9.72 Å². The third-order valence-corrected chi connectivity index (χ3v) is 3.31. The van der Waals surface area contributed by atoms with E-state index in [-0.39, 0.29) is 5.97 Å². The molecule has 4 rings (SSSR count). The Bertz CT molecular complexity index is 770. The summed E-state index contributed by atoms with van der Waals surface area (Å²) in [6, 6.07) is 12.1. The molecule has 1 N–H and O–H groups in total. The number of hydrogen-bond donors (Lipinski definition) is 1. The first kappa shape index (κ1) is 8.82. The van der Waals surface area contributed by atoms with E-state index in [4.69, 9.17) is 4.74 Å². The molecule has 3 nitrogen and oxygen atoms in total.